The first-order valence-corrected chi connectivity index (χ1v) is 6.47. The molecule has 4 nitrogen and oxygen atoms in total. The molecule has 1 N–H and O–H groups in total. The molecule has 0 saturated carbocycles. The number of fused-ring (bicyclic) bond motifs is 1. The molecule has 2 aromatic rings. The van der Waals surface area contributed by atoms with E-state index in [-0.39, 0.29) is 0 Å². The van der Waals surface area contributed by atoms with E-state index in [4.69, 9.17) is 11.6 Å². The molecule has 18 heavy (non-hydrogen) atoms. The fraction of sp³-hybridized carbons (Fsp3) is 0.385. The van der Waals surface area contributed by atoms with Gasteiger partial charge in [0.15, 0.2) is 5.82 Å². The van der Waals surface area contributed by atoms with Crippen molar-refractivity contribution in [3.63, 3.8) is 0 Å². The molecule has 1 aromatic carbocycles. The highest BCUT2D eigenvalue weighted by molar-refractivity contribution is 6.30. The van der Waals surface area contributed by atoms with Crippen molar-refractivity contribution in [1.29, 1.82) is 0 Å². The van der Waals surface area contributed by atoms with E-state index in [0.29, 0.717) is 6.42 Å². The summed E-state index contributed by atoms with van der Waals surface area (Å²) in [5.74, 6) is 1.62. The van der Waals surface area contributed by atoms with Gasteiger partial charge in [-0.1, -0.05) is 23.7 Å². The van der Waals surface area contributed by atoms with Crippen LogP contribution >= 0.6 is 11.6 Å². The SMILES string of the molecule is OC1CCCc2nc(Cc3cccc(Cl)c3)nn21. The Kier molecular flexibility index (Phi) is 3.06. The summed E-state index contributed by atoms with van der Waals surface area (Å²) in [6.45, 7) is 0. The van der Waals surface area contributed by atoms with E-state index in [1.54, 1.807) is 4.68 Å². The number of rotatable bonds is 2. The first kappa shape index (κ1) is 11.7. The van der Waals surface area contributed by atoms with E-state index in [0.717, 1.165) is 41.5 Å². The van der Waals surface area contributed by atoms with Gasteiger partial charge in [0.25, 0.3) is 0 Å². The Morgan fingerprint density at radius 2 is 2.33 bits per heavy atom. The van der Waals surface area contributed by atoms with Crippen LogP contribution in [0, 0.1) is 0 Å². The molecule has 0 bridgehead atoms. The number of hydrogen-bond acceptors (Lipinski definition) is 3. The van der Waals surface area contributed by atoms with E-state index in [2.05, 4.69) is 10.1 Å². The molecule has 94 valence electrons. The van der Waals surface area contributed by atoms with E-state index in [1.165, 1.54) is 0 Å². The third kappa shape index (κ3) is 2.26. The number of halogens is 1. The third-order valence-corrected chi connectivity index (χ3v) is 3.38. The Bertz CT molecular complexity index is 567. The predicted octanol–water partition coefficient (Wildman–Crippen LogP) is 2.35. The minimum absolute atomic E-state index is 0.519. The van der Waals surface area contributed by atoms with E-state index < -0.39 is 6.23 Å². The molecule has 1 unspecified atom stereocenters. The Morgan fingerprint density at radius 3 is 3.11 bits per heavy atom. The number of hydrogen-bond donors (Lipinski definition) is 1. The molecule has 3 rings (SSSR count). The van der Waals surface area contributed by atoms with Crippen LogP contribution in [0.25, 0.3) is 0 Å². The fourth-order valence-corrected chi connectivity index (χ4v) is 2.50. The molecule has 1 atom stereocenters. The lowest BCUT2D eigenvalue weighted by Crippen LogP contribution is -2.18. The second-order valence-electron chi connectivity index (χ2n) is 4.57. The summed E-state index contributed by atoms with van der Waals surface area (Å²) in [6, 6.07) is 7.68. The van der Waals surface area contributed by atoms with Gasteiger partial charge in [0.1, 0.15) is 12.1 Å². The smallest absolute Gasteiger partial charge is 0.155 e. The van der Waals surface area contributed by atoms with Crippen LogP contribution < -0.4 is 0 Å². The first-order chi connectivity index (χ1) is 8.72. The summed E-state index contributed by atoms with van der Waals surface area (Å²) in [5, 5.41) is 14.9. The zero-order chi connectivity index (χ0) is 12.5. The van der Waals surface area contributed by atoms with Crippen molar-refractivity contribution < 1.29 is 5.11 Å². The van der Waals surface area contributed by atoms with Gasteiger partial charge in [-0.2, -0.15) is 5.10 Å². The molecular formula is C13H14ClN3O. The maximum absolute atomic E-state index is 9.82. The Hall–Kier alpha value is -1.39. The van der Waals surface area contributed by atoms with E-state index in [9.17, 15) is 5.11 Å². The summed E-state index contributed by atoms with van der Waals surface area (Å²) in [6.07, 6.45) is 2.74. The molecule has 0 amide bonds. The normalized spacial score (nSPS) is 18.7. The number of nitrogens with zero attached hydrogens (tertiary/aromatic N) is 3. The summed E-state index contributed by atoms with van der Waals surface area (Å²) in [7, 11) is 0. The molecule has 0 radical (unpaired) electrons. The summed E-state index contributed by atoms with van der Waals surface area (Å²) < 4.78 is 1.64. The molecule has 0 spiro atoms. The Morgan fingerprint density at radius 1 is 1.44 bits per heavy atom. The largest absolute Gasteiger partial charge is 0.372 e. The van der Waals surface area contributed by atoms with Crippen molar-refractivity contribution >= 4 is 11.6 Å². The maximum Gasteiger partial charge on any atom is 0.155 e. The Balaban J connectivity index is 1.85. The van der Waals surface area contributed by atoms with Crippen molar-refractivity contribution in [2.45, 2.75) is 31.9 Å². The monoisotopic (exact) mass is 263 g/mol. The molecule has 1 aromatic heterocycles. The Labute approximate surface area is 110 Å². The number of aliphatic hydroxyl groups is 1. The van der Waals surface area contributed by atoms with Crippen LogP contribution in [0.15, 0.2) is 24.3 Å². The molecule has 0 fully saturated rings. The van der Waals surface area contributed by atoms with Crippen molar-refractivity contribution in [1.82, 2.24) is 14.8 Å². The molecule has 1 aliphatic rings. The van der Waals surface area contributed by atoms with Gasteiger partial charge in [-0.15, -0.1) is 0 Å². The molecule has 2 heterocycles. The van der Waals surface area contributed by atoms with Gasteiger partial charge in [-0.25, -0.2) is 9.67 Å². The number of aryl methyl sites for hydroxylation is 1. The van der Waals surface area contributed by atoms with Gasteiger partial charge in [-0.05, 0) is 30.5 Å². The second kappa shape index (κ2) is 4.71. The van der Waals surface area contributed by atoms with Crippen molar-refractivity contribution in [3.8, 4) is 0 Å². The summed E-state index contributed by atoms with van der Waals surface area (Å²) in [4.78, 5) is 4.47. The zero-order valence-corrected chi connectivity index (χ0v) is 10.6. The minimum atomic E-state index is -0.519. The van der Waals surface area contributed by atoms with Crippen molar-refractivity contribution in [3.05, 3.63) is 46.5 Å². The maximum atomic E-state index is 9.82. The van der Waals surface area contributed by atoms with Gasteiger partial charge < -0.3 is 5.11 Å². The number of aliphatic hydroxyl groups excluding tert-OH is 1. The quantitative estimate of drug-likeness (QED) is 0.905. The van der Waals surface area contributed by atoms with Gasteiger partial charge >= 0.3 is 0 Å². The lowest BCUT2D eigenvalue weighted by molar-refractivity contribution is 0.0644. The average Bonchev–Trinajstić information content (AvgIpc) is 2.73. The van der Waals surface area contributed by atoms with Crippen LogP contribution in [-0.2, 0) is 12.8 Å². The number of benzene rings is 1. The predicted molar refractivity (Wildman–Crippen MR) is 68.5 cm³/mol. The molecule has 1 aliphatic heterocycles. The lowest BCUT2D eigenvalue weighted by atomic mass is 10.1. The van der Waals surface area contributed by atoms with Gasteiger partial charge in [0.2, 0.25) is 0 Å². The van der Waals surface area contributed by atoms with Crippen molar-refractivity contribution in [2.24, 2.45) is 0 Å². The summed E-state index contributed by atoms with van der Waals surface area (Å²) in [5.41, 5.74) is 1.08. The van der Waals surface area contributed by atoms with Crippen LogP contribution in [0.2, 0.25) is 5.02 Å². The second-order valence-corrected chi connectivity index (χ2v) is 5.00. The zero-order valence-electron chi connectivity index (χ0n) is 9.88. The molecule has 0 aliphatic carbocycles. The highest BCUT2D eigenvalue weighted by Crippen LogP contribution is 2.21. The third-order valence-electron chi connectivity index (χ3n) is 3.14. The van der Waals surface area contributed by atoms with Gasteiger partial charge in [-0.3, -0.25) is 0 Å². The lowest BCUT2D eigenvalue weighted by Gasteiger charge is -2.17. The minimum Gasteiger partial charge on any atom is -0.372 e. The first-order valence-electron chi connectivity index (χ1n) is 6.09. The molecular weight excluding hydrogens is 250 g/mol. The molecule has 5 heteroatoms. The van der Waals surface area contributed by atoms with Gasteiger partial charge in [0, 0.05) is 17.9 Å². The molecule has 0 saturated heterocycles. The number of aromatic nitrogens is 3. The van der Waals surface area contributed by atoms with Crippen molar-refractivity contribution in [2.75, 3.05) is 0 Å². The topological polar surface area (TPSA) is 50.9 Å². The standard InChI is InChI=1S/C13H14ClN3O/c14-10-4-1-3-9(7-10)8-11-15-12-5-2-6-13(18)17(12)16-11/h1,3-4,7,13,18H,2,5-6,8H2. The highest BCUT2D eigenvalue weighted by atomic mass is 35.5. The van der Waals surface area contributed by atoms with Gasteiger partial charge in [0.05, 0.1) is 0 Å². The van der Waals surface area contributed by atoms with Crippen LogP contribution in [0.4, 0.5) is 0 Å². The van der Waals surface area contributed by atoms with Crippen LogP contribution in [0.1, 0.15) is 36.3 Å². The van der Waals surface area contributed by atoms with Crippen LogP contribution in [0.5, 0.6) is 0 Å². The highest BCUT2D eigenvalue weighted by Gasteiger charge is 2.20. The van der Waals surface area contributed by atoms with Crippen LogP contribution in [-0.4, -0.2) is 19.9 Å². The van der Waals surface area contributed by atoms with E-state index in [1.807, 2.05) is 24.3 Å². The van der Waals surface area contributed by atoms with E-state index >= 15 is 0 Å². The van der Waals surface area contributed by atoms with Crippen LogP contribution in [0.3, 0.4) is 0 Å². The fourth-order valence-electron chi connectivity index (χ4n) is 2.28. The average molecular weight is 264 g/mol. The summed E-state index contributed by atoms with van der Waals surface area (Å²) >= 11 is 5.95.